The van der Waals surface area contributed by atoms with E-state index >= 15 is 0 Å². The van der Waals surface area contributed by atoms with Gasteiger partial charge in [0.15, 0.2) is 8.32 Å². The second kappa shape index (κ2) is 6.50. The molecule has 3 nitrogen and oxygen atoms in total. The van der Waals surface area contributed by atoms with Gasteiger partial charge in [-0.15, -0.1) is 0 Å². The Labute approximate surface area is 140 Å². The molecule has 1 fully saturated rings. The second-order valence-electron chi connectivity index (χ2n) is 7.73. The van der Waals surface area contributed by atoms with E-state index < -0.39 is 8.32 Å². The highest BCUT2D eigenvalue weighted by atomic mass is 28.4. The molecule has 1 saturated heterocycles. The minimum atomic E-state index is -1.89. The van der Waals surface area contributed by atoms with Crippen LogP contribution in [0.2, 0.25) is 18.1 Å². The van der Waals surface area contributed by atoms with E-state index in [1.165, 1.54) is 0 Å². The first-order valence-electron chi connectivity index (χ1n) is 8.16. The molecule has 2 rings (SSSR count). The van der Waals surface area contributed by atoms with E-state index in [2.05, 4.69) is 51.0 Å². The van der Waals surface area contributed by atoms with Crippen molar-refractivity contribution in [1.29, 1.82) is 0 Å². The molecule has 1 aromatic carbocycles. The Morgan fingerprint density at radius 1 is 1.22 bits per heavy atom. The maximum absolute atomic E-state index is 12.0. The minimum absolute atomic E-state index is 0.0450. The molecule has 0 unspecified atom stereocenters. The van der Waals surface area contributed by atoms with Gasteiger partial charge in [0.1, 0.15) is 6.04 Å². The van der Waals surface area contributed by atoms with Gasteiger partial charge in [0.2, 0.25) is 5.91 Å². The first-order chi connectivity index (χ1) is 10.6. The topological polar surface area (TPSA) is 38.3 Å². The van der Waals surface area contributed by atoms with Gasteiger partial charge < -0.3 is 9.74 Å². The van der Waals surface area contributed by atoms with Crippen LogP contribution in [-0.4, -0.2) is 26.4 Å². The summed E-state index contributed by atoms with van der Waals surface area (Å²) in [7, 11) is -1.89. The number of benzene rings is 1. The predicted octanol–water partition coefficient (Wildman–Crippen LogP) is 3.56. The standard InChI is InChI=1S/C19H27NO2Si/c1-14(22-23(5,6)19(2,3)4)17-16(20-18(17)21)13-12-15-10-8-7-9-11-15/h7-11,14,16-17H,1-6H3,(H,20,21)/t14-,16-,17-/m1/s1. The lowest BCUT2D eigenvalue weighted by Crippen LogP contribution is -2.63. The van der Waals surface area contributed by atoms with Crippen molar-refractivity contribution in [1.82, 2.24) is 5.32 Å². The molecule has 0 aliphatic carbocycles. The van der Waals surface area contributed by atoms with Crippen LogP contribution in [0.5, 0.6) is 0 Å². The highest BCUT2D eigenvalue weighted by Crippen LogP contribution is 2.38. The number of amides is 1. The quantitative estimate of drug-likeness (QED) is 0.523. The summed E-state index contributed by atoms with van der Waals surface area (Å²) >= 11 is 0. The summed E-state index contributed by atoms with van der Waals surface area (Å²) < 4.78 is 6.37. The van der Waals surface area contributed by atoms with Crippen molar-refractivity contribution in [2.24, 2.45) is 5.92 Å². The Morgan fingerprint density at radius 3 is 2.35 bits per heavy atom. The lowest BCUT2D eigenvalue weighted by atomic mass is 9.86. The van der Waals surface area contributed by atoms with E-state index in [-0.39, 0.29) is 29.0 Å². The molecular formula is C19H27NO2Si. The van der Waals surface area contributed by atoms with Gasteiger partial charge >= 0.3 is 0 Å². The van der Waals surface area contributed by atoms with Crippen molar-refractivity contribution in [2.75, 3.05) is 0 Å². The molecule has 1 aliphatic heterocycles. The largest absolute Gasteiger partial charge is 0.413 e. The van der Waals surface area contributed by atoms with Gasteiger partial charge in [0.25, 0.3) is 0 Å². The third kappa shape index (κ3) is 4.04. The van der Waals surface area contributed by atoms with Crippen molar-refractivity contribution < 1.29 is 9.22 Å². The molecule has 0 bridgehead atoms. The maximum atomic E-state index is 12.0. The monoisotopic (exact) mass is 329 g/mol. The summed E-state index contributed by atoms with van der Waals surface area (Å²) in [6.45, 7) is 13.1. The summed E-state index contributed by atoms with van der Waals surface area (Å²) in [6.07, 6.45) is -0.111. The Hall–Kier alpha value is -1.57. The average Bonchev–Trinajstić information content (AvgIpc) is 2.42. The Balaban J connectivity index is 2.06. The van der Waals surface area contributed by atoms with Crippen molar-refractivity contribution in [3.05, 3.63) is 35.9 Å². The molecule has 0 aromatic heterocycles. The zero-order valence-corrected chi connectivity index (χ0v) is 15.9. The van der Waals surface area contributed by atoms with E-state index in [4.69, 9.17) is 4.43 Å². The van der Waals surface area contributed by atoms with Crippen LogP contribution in [-0.2, 0) is 9.22 Å². The molecule has 1 heterocycles. The van der Waals surface area contributed by atoms with Crippen LogP contribution in [0.4, 0.5) is 0 Å². The summed E-state index contributed by atoms with van der Waals surface area (Å²) in [5, 5.41) is 3.02. The van der Waals surface area contributed by atoms with Gasteiger partial charge in [-0.1, -0.05) is 50.8 Å². The summed E-state index contributed by atoms with van der Waals surface area (Å²) in [5.74, 6) is 6.18. The van der Waals surface area contributed by atoms with Gasteiger partial charge in [-0.2, -0.15) is 0 Å². The highest BCUT2D eigenvalue weighted by molar-refractivity contribution is 6.74. The summed E-state index contributed by atoms with van der Waals surface area (Å²) in [5.41, 5.74) is 0.963. The van der Waals surface area contributed by atoms with Crippen LogP contribution in [0, 0.1) is 17.8 Å². The molecular weight excluding hydrogens is 302 g/mol. The number of nitrogens with one attached hydrogen (secondary N) is 1. The fourth-order valence-electron chi connectivity index (χ4n) is 2.40. The van der Waals surface area contributed by atoms with Crippen molar-refractivity contribution in [2.45, 2.75) is 58.0 Å². The van der Waals surface area contributed by atoms with Crippen LogP contribution in [0.1, 0.15) is 33.3 Å². The number of hydrogen-bond donors (Lipinski definition) is 1. The first kappa shape index (κ1) is 17.8. The zero-order valence-electron chi connectivity index (χ0n) is 14.9. The Morgan fingerprint density at radius 2 is 1.83 bits per heavy atom. The molecule has 1 aromatic rings. The normalized spacial score (nSPS) is 22.4. The summed E-state index contributed by atoms with van der Waals surface area (Å²) in [6, 6.07) is 9.71. The lowest BCUT2D eigenvalue weighted by molar-refractivity contribution is -0.137. The molecule has 3 atom stereocenters. The van der Waals surface area contributed by atoms with Gasteiger partial charge in [0, 0.05) is 5.56 Å². The van der Waals surface area contributed by atoms with E-state index in [0.717, 1.165) is 5.56 Å². The van der Waals surface area contributed by atoms with Gasteiger partial charge in [0.05, 0.1) is 12.0 Å². The van der Waals surface area contributed by atoms with Crippen LogP contribution in [0.3, 0.4) is 0 Å². The number of carbonyl (C=O) groups is 1. The molecule has 1 N–H and O–H groups in total. The molecule has 23 heavy (non-hydrogen) atoms. The number of rotatable bonds is 3. The third-order valence-electron chi connectivity index (χ3n) is 4.90. The van der Waals surface area contributed by atoms with Crippen LogP contribution >= 0.6 is 0 Å². The van der Waals surface area contributed by atoms with Crippen LogP contribution in [0.25, 0.3) is 0 Å². The summed E-state index contributed by atoms with van der Waals surface area (Å²) in [4.78, 5) is 12.0. The molecule has 1 aliphatic rings. The van der Waals surface area contributed by atoms with E-state index in [0.29, 0.717) is 0 Å². The molecule has 4 heteroatoms. The van der Waals surface area contributed by atoms with Crippen molar-refractivity contribution in [3.8, 4) is 11.8 Å². The van der Waals surface area contributed by atoms with E-state index in [1.807, 2.05) is 37.3 Å². The number of carbonyl (C=O) groups excluding carboxylic acids is 1. The maximum Gasteiger partial charge on any atom is 0.229 e. The first-order valence-corrected chi connectivity index (χ1v) is 11.1. The Kier molecular flexibility index (Phi) is 5.03. The van der Waals surface area contributed by atoms with Gasteiger partial charge in [-0.05, 0) is 37.2 Å². The van der Waals surface area contributed by atoms with Crippen molar-refractivity contribution in [3.63, 3.8) is 0 Å². The number of hydrogen-bond acceptors (Lipinski definition) is 2. The zero-order chi connectivity index (χ0) is 17.3. The molecule has 0 spiro atoms. The predicted molar refractivity (Wildman–Crippen MR) is 96.5 cm³/mol. The van der Waals surface area contributed by atoms with Crippen LogP contribution < -0.4 is 5.32 Å². The molecule has 1 amide bonds. The van der Waals surface area contributed by atoms with Gasteiger partial charge in [-0.3, -0.25) is 4.79 Å². The van der Waals surface area contributed by atoms with Crippen molar-refractivity contribution >= 4 is 14.2 Å². The molecule has 124 valence electrons. The molecule has 0 saturated carbocycles. The van der Waals surface area contributed by atoms with E-state index in [1.54, 1.807) is 0 Å². The Bertz CT molecular complexity index is 622. The SMILES string of the molecule is C[C@@H](O[Si](C)(C)C(C)(C)C)[C@H]1C(=O)N[C@@H]1C#Cc1ccccc1. The lowest BCUT2D eigenvalue weighted by Gasteiger charge is -2.44. The highest BCUT2D eigenvalue weighted by Gasteiger charge is 2.46. The minimum Gasteiger partial charge on any atom is -0.413 e. The second-order valence-corrected chi connectivity index (χ2v) is 12.5. The number of β-lactam (4-membered cyclic amide) rings is 1. The fourth-order valence-corrected chi connectivity index (χ4v) is 3.83. The third-order valence-corrected chi connectivity index (χ3v) is 9.47. The van der Waals surface area contributed by atoms with Crippen LogP contribution in [0.15, 0.2) is 30.3 Å². The fraction of sp³-hybridized carbons (Fsp3) is 0.526. The van der Waals surface area contributed by atoms with E-state index in [9.17, 15) is 4.79 Å². The molecule has 0 radical (unpaired) electrons. The smallest absolute Gasteiger partial charge is 0.229 e. The average molecular weight is 330 g/mol. The van der Waals surface area contributed by atoms with Gasteiger partial charge in [-0.25, -0.2) is 0 Å².